The lowest BCUT2D eigenvalue weighted by molar-refractivity contribution is 0.247. The first-order valence-electron chi connectivity index (χ1n) is 10.7. The SMILES string of the molecule is CN(C)CCOc1ccccc1-c1nc2c(-c3ccccc3)n1OS(=O)(=O)Oc1ccccc1-2. The Bertz CT molecular complexity index is 1430. The normalized spacial score (nSPS) is 13.9. The summed E-state index contributed by atoms with van der Waals surface area (Å²) < 4.78 is 43.7. The highest BCUT2D eigenvalue weighted by molar-refractivity contribution is 7.82. The van der Waals surface area contributed by atoms with Crippen molar-refractivity contribution in [3.05, 3.63) is 78.9 Å². The summed E-state index contributed by atoms with van der Waals surface area (Å²) in [5.41, 5.74) is 2.92. The smallest absolute Gasteiger partial charge is 0.491 e. The van der Waals surface area contributed by atoms with Gasteiger partial charge in [-0.15, -0.1) is 13.1 Å². The van der Waals surface area contributed by atoms with Crippen LogP contribution in [0.4, 0.5) is 0 Å². The van der Waals surface area contributed by atoms with Crippen LogP contribution in [0.1, 0.15) is 0 Å². The van der Waals surface area contributed by atoms with E-state index in [4.69, 9.17) is 18.2 Å². The van der Waals surface area contributed by atoms with Crippen molar-refractivity contribution < 1.29 is 21.6 Å². The molecule has 174 valence electrons. The summed E-state index contributed by atoms with van der Waals surface area (Å²) in [4.78, 5) is 6.89. The van der Waals surface area contributed by atoms with Crippen molar-refractivity contribution in [1.82, 2.24) is 14.6 Å². The molecule has 9 heteroatoms. The predicted octanol–water partition coefficient (Wildman–Crippen LogP) is 3.89. The van der Waals surface area contributed by atoms with Crippen molar-refractivity contribution in [1.29, 1.82) is 0 Å². The summed E-state index contributed by atoms with van der Waals surface area (Å²) in [5, 5.41) is 0. The predicted molar refractivity (Wildman–Crippen MR) is 129 cm³/mol. The average molecular weight is 478 g/mol. The maximum Gasteiger partial charge on any atom is 0.520 e. The lowest BCUT2D eigenvalue weighted by atomic mass is 10.0. The Morgan fingerprint density at radius 1 is 0.912 bits per heavy atom. The summed E-state index contributed by atoms with van der Waals surface area (Å²) >= 11 is 0. The van der Waals surface area contributed by atoms with E-state index in [0.717, 1.165) is 12.1 Å². The van der Waals surface area contributed by atoms with E-state index in [2.05, 4.69) is 0 Å². The van der Waals surface area contributed by atoms with Crippen LogP contribution in [0.15, 0.2) is 78.9 Å². The maximum atomic E-state index is 12.9. The zero-order chi connectivity index (χ0) is 23.7. The number of likely N-dealkylation sites (N-methyl/N-ethyl adjacent to an activating group) is 1. The quantitative estimate of drug-likeness (QED) is 0.417. The number of para-hydroxylation sites is 2. The maximum absolute atomic E-state index is 12.9. The summed E-state index contributed by atoms with van der Waals surface area (Å²) in [6.45, 7) is 1.17. The van der Waals surface area contributed by atoms with Crippen LogP contribution >= 0.6 is 0 Å². The molecule has 4 aromatic rings. The van der Waals surface area contributed by atoms with Crippen molar-refractivity contribution in [2.75, 3.05) is 27.2 Å². The fourth-order valence-corrected chi connectivity index (χ4v) is 4.48. The largest absolute Gasteiger partial charge is 0.520 e. The molecule has 0 saturated carbocycles. The first kappa shape index (κ1) is 22.0. The van der Waals surface area contributed by atoms with Gasteiger partial charge >= 0.3 is 10.4 Å². The van der Waals surface area contributed by atoms with Gasteiger partial charge in [0.25, 0.3) is 0 Å². The minimum atomic E-state index is -4.45. The lowest BCUT2D eigenvalue weighted by Gasteiger charge is -2.18. The fraction of sp³-hybridized carbons (Fsp3) is 0.160. The molecule has 0 fully saturated rings. The summed E-state index contributed by atoms with van der Waals surface area (Å²) in [6, 6.07) is 23.6. The molecule has 2 bridgehead atoms. The Balaban J connectivity index is 1.77. The molecule has 0 saturated heterocycles. The van der Waals surface area contributed by atoms with Crippen LogP contribution in [0.5, 0.6) is 11.5 Å². The van der Waals surface area contributed by atoms with Gasteiger partial charge in [0, 0.05) is 17.7 Å². The molecule has 0 spiro atoms. The molecule has 0 radical (unpaired) electrons. The van der Waals surface area contributed by atoms with Crippen molar-refractivity contribution in [3.8, 4) is 45.4 Å². The van der Waals surface area contributed by atoms with Crippen molar-refractivity contribution in [3.63, 3.8) is 0 Å². The number of ether oxygens (including phenoxy) is 1. The molecule has 0 unspecified atom stereocenters. The Morgan fingerprint density at radius 3 is 2.35 bits per heavy atom. The third-order valence-corrected chi connectivity index (χ3v) is 6.02. The van der Waals surface area contributed by atoms with Gasteiger partial charge in [-0.2, -0.15) is 0 Å². The van der Waals surface area contributed by atoms with Gasteiger partial charge in [0.2, 0.25) is 0 Å². The van der Waals surface area contributed by atoms with E-state index in [9.17, 15) is 8.42 Å². The number of nitrogens with zero attached hydrogens (tertiary/aromatic N) is 3. The van der Waals surface area contributed by atoms with Gasteiger partial charge in [0.15, 0.2) is 11.6 Å². The number of imidazole rings is 1. The minimum absolute atomic E-state index is 0.145. The van der Waals surface area contributed by atoms with Crippen molar-refractivity contribution in [2.24, 2.45) is 0 Å². The zero-order valence-electron chi connectivity index (χ0n) is 18.7. The summed E-state index contributed by atoms with van der Waals surface area (Å²) in [6.07, 6.45) is 0. The highest BCUT2D eigenvalue weighted by Crippen LogP contribution is 2.42. The molecule has 0 N–H and O–H groups in total. The molecule has 0 aliphatic carbocycles. The standard InChI is InChI=1S/C25H23N3O5S/c1-27(2)16-17-31-21-14-8-7-13-20(21)25-26-23-19-12-6-9-15-22(19)32-34(29,30)33-28(25)24(23)18-10-4-3-5-11-18/h3-15H,16-17H2,1-2H3. The van der Waals surface area contributed by atoms with E-state index in [0.29, 0.717) is 34.9 Å². The highest BCUT2D eigenvalue weighted by atomic mass is 32.3. The topological polar surface area (TPSA) is 82.9 Å². The molecular weight excluding hydrogens is 454 g/mol. The van der Waals surface area contributed by atoms with Gasteiger partial charge in [0.1, 0.15) is 23.7 Å². The van der Waals surface area contributed by atoms with Crippen LogP contribution in [-0.4, -0.2) is 50.3 Å². The van der Waals surface area contributed by atoms with Gasteiger partial charge in [-0.3, -0.25) is 4.28 Å². The van der Waals surface area contributed by atoms with Gasteiger partial charge in [-0.05, 0) is 38.4 Å². The van der Waals surface area contributed by atoms with E-state index in [1.54, 1.807) is 18.2 Å². The van der Waals surface area contributed by atoms with E-state index >= 15 is 0 Å². The molecule has 3 aromatic carbocycles. The molecule has 8 nitrogen and oxygen atoms in total. The molecule has 1 aromatic heterocycles. The van der Waals surface area contributed by atoms with Gasteiger partial charge in [-0.1, -0.05) is 54.6 Å². The third-order valence-electron chi connectivity index (χ3n) is 5.31. The first-order valence-corrected chi connectivity index (χ1v) is 12.0. The fourth-order valence-electron chi connectivity index (χ4n) is 3.75. The van der Waals surface area contributed by atoms with Crippen LogP contribution in [0.3, 0.4) is 0 Å². The van der Waals surface area contributed by atoms with Gasteiger partial charge in [0.05, 0.1) is 5.56 Å². The Hall–Kier alpha value is -3.82. The van der Waals surface area contributed by atoms with E-state index in [1.807, 2.05) is 79.7 Å². The molecular formula is C25H23N3O5S. The molecule has 2 heterocycles. The van der Waals surface area contributed by atoms with Crippen molar-refractivity contribution >= 4 is 10.4 Å². The first-order chi connectivity index (χ1) is 16.4. The van der Waals surface area contributed by atoms with Crippen LogP contribution < -0.4 is 13.2 Å². The highest BCUT2D eigenvalue weighted by Gasteiger charge is 2.32. The van der Waals surface area contributed by atoms with Crippen LogP contribution in [0.2, 0.25) is 0 Å². The molecule has 1 aliphatic rings. The molecule has 1 aliphatic heterocycles. The molecule has 0 atom stereocenters. The molecule has 0 amide bonds. The number of hydrogen-bond donors (Lipinski definition) is 0. The number of fused-ring (bicyclic) bond motifs is 4. The average Bonchev–Trinajstić information content (AvgIpc) is 3.18. The second-order valence-corrected chi connectivity index (χ2v) is 9.14. The number of hydrogen-bond acceptors (Lipinski definition) is 7. The molecule has 5 rings (SSSR count). The van der Waals surface area contributed by atoms with E-state index < -0.39 is 10.4 Å². The Morgan fingerprint density at radius 2 is 1.59 bits per heavy atom. The number of rotatable bonds is 6. The number of benzene rings is 3. The van der Waals surface area contributed by atoms with Gasteiger partial charge in [-0.25, -0.2) is 4.98 Å². The van der Waals surface area contributed by atoms with Crippen LogP contribution in [0, 0.1) is 0 Å². The second kappa shape index (κ2) is 8.85. The van der Waals surface area contributed by atoms with Gasteiger partial charge < -0.3 is 13.8 Å². The molecule has 34 heavy (non-hydrogen) atoms. The summed E-state index contributed by atoms with van der Waals surface area (Å²) in [5.74, 6) is 1.00. The number of aromatic nitrogens is 2. The van der Waals surface area contributed by atoms with Crippen LogP contribution in [-0.2, 0) is 10.4 Å². The minimum Gasteiger partial charge on any atom is -0.491 e. The monoisotopic (exact) mass is 477 g/mol. The second-order valence-electron chi connectivity index (χ2n) is 8.00. The lowest BCUT2D eigenvalue weighted by Crippen LogP contribution is -2.27. The Labute approximate surface area is 198 Å². The van der Waals surface area contributed by atoms with E-state index in [1.165, 1.54) is 4.73 Å². The zero-order valence-corrected chi connectivity index (χ0v) is 19.5. The van der Waals surface area contributed by atoms with E-state index in [-0.39, 0.29) is 11.6 Å². The third kappa shape index (κ3) is 4.23. The summed E-state index contributed by atoms with van der Waals surface area (Å²) in [7, 11) is -0.521. The van der Waals surface area contributed by atoms with Crippen LogP contribution in [0.25, 0.3) is 33.9 Å². The Kier molecular flexibility index (Phi) is 5.72. The van der Waals surface area contributed by atoms with Crippen molar-refractivity contribution in [2.45, 2.75) is 0 Å².